The average molecular weight is 546 g/mol. The maximum atomic E-state index is 13.2. The van der Waals surface area contributed by atoms with Gasteiger partial charge >= 0.3 is 11.9 Å². The summed E-state index contributed by atoms with van der Waals surface area (Å²) in [6.45, 7) is 0.740. The van der Waals surface area contributed by atoms with Crippen molar-refractivity contribution in [1.29, 1.82) is 0 Å². The molecule has 0 aliphatic rings. The van der Waals surface area contributed by atoms with Crippen LogP contribution < -0.4 is 9.47 Å². The van der Waals surface area contributed by atoms with Crippen molar-refractivity contribution in [1.82, 2.24) is 4.40 Å². The monoisotopic (exact) mass is 545 g/mol. The fraction of sp³-hybridized carbons (Fsp3) is 0.118. The quantitative estimate of drug-likeness (QED) is 0.184. The van der Waals surface area contributed by atoms with E-state index in [4.69, 9.17) is 18.9 Å². The highest BCUT2D eigenvalue weighted by molar-refractivity contribution is 6.18. The van der Waals surface area contributed by atoms with Gasteiger partial charge in [-0.2, -0.15) is 0 Å². The lowest BCUT2D eigenvalue weighted by Crippen LogP contribution is -2.10. The van der Waals surface area contributed by atoms with Crippen molar-refractivity contribution in [2.45, 2.75) is 13.2 Å². The fourth-order valence-electron chi connectivity index (χ4n) is 5.11. The third-order valence-electron chi connectivity index (χ3n) is 7.05. The van der Waals surface area contributed by atoms with Gasteiger partial charge in [-0.1, -0.05) is 72.8 Å². The molecule has 0 amide bonds. The molecule has 0 aliphatic heterocycles. The Balaban J connectivity index is 1.46. The highest BCUT2D eigenvalue weighted by Gasteiger charge is 2.33. The molecule has 3 heterocycles. The Labute approximate surface area is 236 Å². The van der Waals surface area contributed by atoms with E-state index in [1.54, 1.807) is 0 Å². The van der Waals surface area contributed by atoms with E-state index in [0.717, 1.165) is 27.8 Å². The van der Waals surface area contributed by atoms with Crippen molar-refractivity contribution in [3.8, 4) is 22.6 Å². The number of rotatable bonds is 9. The first-order valence-electron chi connectivity index (χ1n) is 13.1. The van der Waals surface area contributed by atoms with E-state index in [-0.39, 0.29) is 17.7 Å². The topological polar surface area (TPSA) is 75.5 Å². The summed E-state index contributed by atoms with van der Waals surface area (Å²) in [5, 5.41) is 0. The van der Waals surface area contributed by atoms with Crippen LogP contribution in [0.5, 0.6) is 11.5 Å². The van der Waals surface area contributed by atoms with Crippen molar-refractivity contribution in [2.75, 3.05) is 14.2 Å². The molecule has 0 atom stereocenters. The van der Waals surface area contributed by atoms with Gasteiger partial charge in [0.25, 0.3) is 0 Å². The molecule has 3 aromatic carbocycles. The Morgan fingerprint density at radius 1 is 0.634 bits per heavy atom. The van der Waals surface area contributed by atoms with Crippen LogP contribution >= 0.6 is 0 Å². The summed E-state index contributed by atoms with van der Waals surface area (Å²) in [4.78, 5) is 26.4. The minimum Gasteiger partial charge on any atom is -0.489 e. The second-order valence-corrected chi connectivity index (χ2v) is 9.52. The van der Waals surface area contributed by atoms with E-state index in [1.165, 1.54) is 14.2 Å². The molecule has 0 fully saturated rings. The van der Waals surface area contributed by atoms with Gasteiger partial charge in [0.15, 0.2) is 0 Å². The van der Waals surface area contributed by atoms with Crippen molar-refractivity contribution in [3.63, 3.8) is 0 Å². The second-order valence-electron chi connectivity index (χ2n) is 9.52. The molecule has 0 radical (unpaired) electrons. The Morgan fingerprint density at radius 2 is 1.20 bits per heavy atom. The van der Waals surface area contributed by atoms with Gasteiger partial charge in [0, 0.05) is 11.1 Å². The van der Waals surface area contributed by atoms with Gasteiger partial charge in [0.05, 0.1) is 19.7 Å². The molecule has 0 unspecified atom stereocenters. The third kappa shape index (κ3) is 4.82. The summed E-state index contributed by atoms with van der Waals surface area (Å²) in [5.74, 6) is -0.121. The molecule has 6 rings (SSSR count). The van der Waals surface area contributed by atoms with Crippen LogP contribution in [0.1, 0.15) is 31.8 Å². The Morgan fingerprint density at radius 3 is 1.78 bits per heavy atom. The predicted molar refractivity (Wildman–Crippen MR) is 156 cm³/mol. The highest BCUT2D eigenvalue weighted by atomic mass is 16.5. The molecule has 204 valence electrons. The standard InChI is InChI=1S/C34H27NO6/c1-38-33(36)29-30(34(37)39-2)32-28(41-21-23-11-7-4-8-12-23)18-15-25-19-27(31(29)35(25)32)24-13-16-26(17-14-24)40-20-22-9-5-3-6-10-22/h3-19H,20-21H2,1-2H3. The number of carbonyl (C=O) groups is 2. The molecule has 7 nitrogen and oxygen atoms in total. The van der Waals surface area contributed by atoms with Gasteiger partial charge in [-0.25, -0.2) is 9.59 Å². The van der Waals surface area contributed by atoms with Crippen LogP contribution in [0, 0.1) is 0 Å². The molecule has 6 aromatic rings. The lowest BCUT2D eigenvalue weighted by atomic mass is 10.0. The Bertz CT molecular complexity index is 1830. The predicted octanol–water partition coefficient (Wildman–Crippen LogP) is 6.93. The number of pyridine rings is 1. The second kappa shape index (κ2) is 11.1. The normalized spacial score (nSPS) is 11.1. The van der Waals surface area contributed by atoms with E-state index in [0.29, 0.717) is 29.1 Å². The van der Waals surface area contributed by atoms with Crippen molar-refractivity contribution >= 4 is 28.5 Å². The van der Waals surface area contributed by atoms with E-state index >= 15 is 0 Å². The minimum absolute atomic E-state index is 0.104. The van der Waals surface area contributed by atoms with Gasteiger partial charge in [-0.3, -0.25) is 0 Å². The SMILES string of the molecule is COC(=O)c1c(C(=O)OC)c2c(-c3ccc(OCc4ccccc4)cc3)cc3ccc(OCc4ccccc4)c1n32. The summed E-state index contributed by atoms with van der Waals surface area (Å²) in [5.41, 5.74) is 5.68. The molecule has 41 heavy (non-hydrogen) atoms. The lowest BCUT2D eigenvalue weighted by Gasteiger charge is -2.10. The van der Waals surface area contributed by atoms with E-state index in [2.05, 4.69) is 0 Å². The number of hydrogen-bond donors (Lipinski definition) is 0. The first-order valence-corrected chi connectivity index (χ1v) is 13.1. The first kappa shape index (κ1) is 26.0. The summed E-state index contributed by atoms with van der Waals surface area (Å²) in [6, 6.07) is 33.0. The van der Waals surface area contributed by atoms with Crippen LogP contribution in [-0.4, -0.2) is 30.6 Å². The summed E-state index contributed by atoms with van der Waals surface area (Å²) >= 11 is 0. The largest absolute Gasteiger partial charge is 0.489 e. The van der Waals surface area contributed by atoms with Crippen LogP contribution in [-0.2, 0) is 22.7 Å². The number of aromatic nitrogens is 1. The molecule has 3 aromatic heterocycles. The van der Waals surface area contributed by atoms with Gasteiger partial charge in [0.2, 0.25) is 0 Å². The molecule has 0 aliphatic carbocycles. The summed E-state index contributed by atoms with van der Waals surface area (Å²) in [6.07, 6.45) is 0. The maximum absolute atomic E-state index is 13.2. The van der Waals surface area contributed by atoms with Gasteiger partial charge < -0.3 is 23.3 Å². The fourth-order valence-corrected chi connectivity index (χ4v) is 5.11. The molecular formula is C34H27NO6. The van der Waals surface area contributed by atoms with Crippen LogP contribution in [0.3, 0.4) is 0 Å². The number of methoxy groups -OCH3 is 2. The molecule has 0 saturated carbocycles. The third-order valence-corrected chi connectivity index (χ3v) is 7.05. The van der Waals surface area contributed by atoms with E-state index in [9.17, 15) is 9.59 Å². The number of nitrogens with zero attached hydrogens (tertiary/aromatic N) is 1. The van der Waals surface area contributed by atoms with Gasteiger partial charge in [0.1, 0.15) is 41.4 Å². The Hall–Kier alpha value is -5.30. The smallest absolute Gasteiger partial charge is 0.341 e. The van der Waals surface area contributed by atoms with Crippen LogP contribution in [0.25, 0.3) is 27.7 Å². The zero-order chi connectivity index (χ0) is 28.3. The molecule has 0 N–H and O–H groups in total. The molecule has 0 saturated heterocycles. The highest BCUT2D eigenvalue weighted by Crippen LogP contribution is 2.42. The Kier molecular flexibility index (Phi) is 7.00. The molecule has 7 heteroatoms. The summed E-state index contributed by atoms with van der Waals surface area (Å²) in [7, 11) is 2.58. The molecule has 0 bridgehead atoms. The van der Waals surface area contributed by atoms with Crippen molar-refractivity contribution in [2.24, 2.45) is 0 Å². The molecular weight excluding hydrogens is 518 g/mol. The van der Waals surface area contributed by atoms with E-state index < -0.39 is 11.9 Å². The van der Waals surface area contributed by atoms with E-state index in [1.807, 2.05) is 108 Å². The van der Waals surface area contributed by atoms with Crippen LogP contribution in [0.15, 0.2) is 103 Å². The zero-order valence-electron chi connectivity index (χ0n) is 22.6. The minimum atomic E-state index is -0.651. The number of carbonyl (C=O) groups excluding carboxylic acids is 2. The van der Waals surface area contributed by atoms with Crippen molar-refractivity contribution < 1.29 is 28.5 Å². The lowest BCUT2D eigenvalue weighted by molar-refractivity contribution is 0.0559. The molecule has 0 spiro atoms. The number of esters is 2. The van der Waals surface area contributed by atoms with Gasteiger partial charge in [-0.15, -0.1) is 0 Å². The average Bonchev–Trinajstić information content (AvgIpc) is 3.59. The first-order chi connectivity index (χ1) is 20.1. The number of hydrogen-bond acceptors (Lipinski definition) is 6. The maximum Gasteiger partial charge on any atom is 0.341 e. The number of benzene rings is 3. The van der Waals surface area contributed by atoms with Crippen molar-refractivity contribution in [3.05, 3.63) is 125 Å². The van der Waals surface area contributed by atoms with Gasteiger partial charge in [-0.05, 0) is 47.0 Å². The van der Waals surface area contributed by atoms with Crippen LogP contribution in [0.2, 0.25) is 0 Å². The zero-order valence-corrected chi connectivity index (χ0v) is 22.6. The van der Waals surface area contributed by atoms with Crippen LogP contribution in [0.4, 0.5) is 0 Å². The summed E-state index contributed by atoms with van der Waals surface area (Å²) < 4.78 is 24.3. The number of ether oxygens (including phenoxy) is 4.